The number of halogens is 1. The van der Waals surface area contributed by atoms with Crippen molar-refractivity contribution >= 4 is 17.3 Å². The molecule has 1 unspecified atom stereocenters. The van der Waals surface area contributed by atoms with E-state index in [0.717, 1.165) is 5.56 Å². The summed E-state index contributed by atoms with van der Waals surface area (Å²) in [6.07, 6.45) is 0. The van der Waals surface area contributed by atoms with E-state index >= 15 is 0 Å². The van der Waals surface area contributed by atoms with Crippen LogP contribution in [0.15, 0.2) is 66.7 Å². The van der Waals surface area contributed by atoms with E-state index in [4.69, 9.17) is 11.6 Å². The standard InChI is InChI=1S/C19H16ClNO3/c20-16-3-1-2-4-17(16)21-19(12-5-7-13(22)8-6-12)15-10-9-14(23)11-18(15)24/h1-11,19,21-24H. The van der Waals surface area contributed by atoms with Crippen molar-refractivity contribution in [2.45, 2.75) is 6.04 Å². The Morgan fingerprint density at radius 1 is 0.792 bits per heavy atom. The minimum Gasteiger partial charge on any atom is -0.508 e. The first kappa shape index (κ1) is 16.0. The van der Waals surface area contributed by atoms with Crippen molar-refractivity contribution in [2.24, 2.45) is 0 Å². The van der Waals surface area contributed by atoms with Gasteiger partial charge in [0.15, 0.2) is 0 Å². The fourth-order valence-electron chi connectivity index (χ4n) is 2.52. The van der Waals surface area contributed by atoms with E-state index < -0.39 is 6.04 Å². The molecule has 0 saturated carbocycles. The highest BCUT2D eigenvalue weighted by Gasteiger charge is 2.19. The average molecular weight is 342 g/mol. The van der Waals surface area contributed by atoms with Crippen LogP contribution in [0.3, 0.4) is 0 Å². The summed E-state index contributed by atoms with van der Waals surface area (Å²) in [4.78, 5) is 0. The molecule has 0 bridgehead atoms. The lowest BCUT2D eigenvalue weighted by molar-refractivity contribution is 0.445. The summed E-state index contributed by atoms with van der Waals surface area (Å²) in [5, 5.41) is 33.1. The number of anilines is 1. The second-order valence-electron chi connectivity index (χ2n) is 5.39. The zero-order valence-electron chi connectivity index (χ0n) is 12.6. The first-order valence-corrected chi connectivity index (χ1v) is 7.74. The molecule has 3 rings (SSSR count). The topological polar surface area (TPSA) is 72.7 Å². The van der Waals surface area contributed by atoms with Crippen LogP contribution >= 0.6 is 11.6 Å². The molecule has 3 aromatic carbocycles. The maximum absolute atomic E-state index is 10.2. The van der Waals surface area contributed by atoms with Gasteiger partial charge in [0.2, 0.25) is 0 Å². The van der Waals surface area contributed by atoms with Crippen molar-refractivity contribution in [1.82, 2.24) is 0 Å². The van der Waals surface area contributed by atoms with Crippen LogP contribution in [0.1, 0.15) is 17.2 Å². The summed E-state index contributed by atoms with van der Waals surface area (Å²) in [6, 6.07) is 18.0. The van der Waals surface area contributed by atoms with Crippen LogP contribution in [-0.2, 0) is 0 Å². The van der Waals surface area contributed by atoms with Gasteiger partial charge in [-0.3, -0.25) is 0 Å². The highest BCUT2D eigenvalue weighted by molar-refractivity contribution is 6.33. The van der Waals surface area contributed by atoms with Gasteiger partial charge in [0.05, 0.1) is 16.8 Å². The van der Waals surface area contributed by atoms with Gasteiger partial charge in [0.1, 0.15) is 17.2 Å². The predicted molar refractivity (Wildman–Crippen MR) is 94.8 cm³/mol. The number of aromatic hydroxyl groups is 3. The molecule has 3 aromatic rings. The van der Waals surface area contributed by atoms with Crippen molar-refractivity contribution in [3.8, 4) is 17.2 Å². The van der Waals surface area contributed by atoms with Gasteiger partial charge in [-0.1, -0.05) is 35.9 Å². The fraction of sp³-hybridized carbons (Fsp3) is 0.0526. The lowest BCUT2D eigenvalue weighted by atomic mass is 9.97. The number of rotatable bonds is 4. The summed E-state index contributed by atoms with van der Waals surface area (Å²) in [5.41, 5.74) is 2.12. The molecule has 0 amide bonds. The van der Waals surface area contributed by atoms with Gasteiger partial charge in [-0.15, -0.1) is 0 Å². The number of phenols is 3. The second-order valence-corrected chi connectivity index (χ2v) is 5.80. The average Bonchev–Trinajstić information content (AvgIpc) is 2.56. The molecule has 0 spiro atoms. The number of hydrogen-bond donors (Lipinski definition) is 4. The van der Waals surface area contributed by atoms with Crippen LogP contribution in [0.5, 0.6) is 17.2 Å². The van der Waals surface area contributed by atoms with Gasteiger partial charge in [-0.2, -0.15) is 0 Å². The van der Waals surface area contributed by atoms with Gasteiger partial charge in [0.25, 0.3) is 0 Å². The molecule has 0 aliphatic heterocycles. The minimum absolute atomic E-state index is 0.0153. The molecule has 0 aliphatic rings. The van der Waals surface area contributed by atoms with Crippen molar-refractivity contribution in [3.05, 3.63) is 82.9 Å². The highest BCUT2D eigenvalue weighted by atomic mass is 35.5. The Bertz CT molecular complexity index is 849. The smallest absolute Gasteiger partial charge is 0.124 e. The monoisotopic (exact) mass is 341 g/mol. The Balaban J connectivity index is 2.06. The van der Waals surface area contributed by atoms with Crippen LogP contribution < -0.4 is 5.32 Å². The summed E-state index contributed by atoms with van der Waals surface area (Å²) in [7, 11) is 0. The first-order valence-electron chi connectivity index (χ1n) is 7.36. The van der Waals surface area contributed by atoms with E-state index in [1.54, 1.807) is 36.4 Å². The number of phenolic OH excluding ortho intramolecular Hbond substituents is 3. The van der Waals surface area contributed by atoms with Crippen LogP contribution in [0, 0.1) is 0 Å². The van der Waals surface area contributed by atoms with E-state index in [0.29, 0.717) is 16.3 Å². The summed E-state index contributed by atoms with van der Waals surface area (Å²) < 4.78 is 0. The molecule has 0 aromatic heterocycles. The third-order valence-electron chi connectivity index (χ3n) is 3.73. The molecule has 24 heavy (non-hydrogen) atoms. The molecular weight excluding hydrogens is 326 g/mol. The Morgan fingerprint density at radius 2 is 1.46 bits per heavy atom. The summed E-state index contributed by atoms with van der Waals surface area (Å²) in [6.45, 7) is 0. The molecule has 5 heteroatoms. The predicted octanol–water partition coefficient (Wildman–Crippen LogP) is 4.66. The molecular formula is C19H16ClNO3. The lowest BCUT2D eigenvalue weighted by Gasteiger charge is -2.22. The van der Waals surface area contributed by atoms with Crippen molar-refractivity contribution in [3.63, 3.8) is 0 Å². The third kappa shape index (κ3) is 3.39. The Labute approximate surface area is 144 Å². The van der Waals surface area contributed by atoms with E-state index in [-0.39, 0.29) is 17.2 Å². The second kappa shape index (κ2) is 6.72. The molecule has 0 aliphatic carbocycles. The third-order valence-corrected chi connectivity index (χ3v) is 4.05. The molecule has 4 N–H and O–H groups in total. The first-order chi connectivity index (χ1) is 11.5. The Morgan fingerprint density at radius 3 is 2.12 bits per heavy atom. The zero-order valence-corrected chi connectivity index (χ0v) is 13.4. The van der Waals surface area contributed by atoms with Crippen molar-refractivity contribution in [2.75, 3.05) is 5.32 Å². The van der Waals surface area contributed by atoms with Crippen LogP contribution in [0.4, 0.5) is 5.69 Å². The van der Waals surface area contributed by atoms with Crippen LogP contribution in [0.25, 0.3) is 0 Å². The molecule has 4 nitrogen and oxygen atoms in total. The summed E-state index contributed by atoms with van der Waals surface area (Å²) >= 11 is 6.23. The Hall–Kier alpha value is -2.85. The number of hydrogen-bond acceptors (Lipinski definition) is 4. The van der Waals surface area contributed by atoms with Gasteiger partial charge in [0, 0.05) is 11.6 Å². The largest absolute Gasteiger partial charge is 0.508 e. The van der Waals surface area contributed by atoms with Gasteiger partial charge in [-0.05, 0) is 42.0 Å². The number of benzene rings is 3. The maximum Gasteiger partial charge on any atom is 0.124 e. The quantitative estimate of drug-likeness (QED) is 0.557. The van der Waals surface area contributed by atoms with E-state index in [2.05, 4.69) is 5.32 Å². The van der Waals surface area contributed by atoms with Crippen molar-refractivity contribution in [1.29, 1.82) is 0 Å². The SMILES string of the molecule is Oc1ccc(C(Nc2ccccc2Cl)c2ccc(O)cc2O)cc1. The van der Waals surface area contributed by atoms with Crippen molar-refractivity contribution < 1.29 is 15.3 Å². The van der Waals surface area contributed by atoms with Gasteiger partial charge in [-0.25, -0.2) is 0 Å². The lowest BCUT2D eigenvalue weighted by Crippen LogP contribution is -2.12. The van der Waals surface area contributed by atoms with E-state index in [1.165, 1.54) is 12.1 Å². The molecule has 0 radical (unpaired) electrons. The number of para-hydroxylation sites is 1. The highest BCUT2D eigenvalue weighted by Crippen LogP contribution is 2.36. The zero-order chi connectivity index (χ0) is 17.1. The van der Waals surface area contributed by atoms with E-state index in [1.807, 2.05) is 18.2 Å². The fourth-order valence-corrected chi connectivity index (χ4v) is 2.71. The summed E-state index contributed by atoms with van der Waals surface area (Å²) in [5.74, 6) is 0.108. The van der Waals surface area contributed by atoms with Crippen LogP contribution in [0.2, 0.25) is 5.02 Å². The molecule has 0 fully saturated rings. The van der Waals surface area contributed by atoms with E-state index in [9.17, 15) is 15.3 Å². The molecule has 122 valence electrons. The number of nitrogens with one attached hydrogen (secondary N) is 1. The van der Waals surface area contributed by atoms with Crippen LogP contribution in [-0.4, -0.2) is 15.3 Å². The maximum atomic E-state index is 10.2. The van der Waals surface area contributed by atoms with Gasteiger partial charge < -0.3 is 20.6 Å². The normalized spacial score (nSPS) is 11.9. The Kier molecular flexibility index (Phi) is 4.49. The molecule has 1 atom stereocenters. The minimum atomic E-state index is -0.411. The molecule has 0 saturated heterocycles. The molecule has 0 heterocycles. The van der Waals surface area contributed by atoms with Gasteiger partial charge >= 0.3 is 0 Å².